The lowest BCUT2D eigenvalue weighted by atomic mass is 10.1. The van der Waals surface area contributed by atoms with E-state index < -0.39 is 0 Å². The highest BCUT2D eigenvalue weighted by molar-refractivity contribution is 7.20. The van der Waals surface area contributed by atoms with Crippen molar-refractivity contribution in [3.05, 3.63) is 34.2 Å². The van der Waals surface area contributed by atoms with Crippen LogP contribution in [0.5, 0.6) is 0 Å². The van der Waals surface area contributed by atoms with Gasteiger partial charge in [0.2, 0.25) is 0 Å². The molecule has 1 atom stereocenters. The molecule has 1 saturated heterocycles. The van der Waals surface area contributed by atoms with Crippen LogP contribution in [-0.2, 0) is 0 Å². The molecule has 0 radical (unpaired) electrons. The third-order valence-corrected chi connectivity index (χ3v) is 5.45. The predicted molar refractivity (Wildman–Crippen MR) is 89.4 cm³/mol. The van der Waals surface area contributed by atoms with Crippen LogP contribution < -0.4 is 5.32 Å². The molecule has 0 spiro atoms. The normalized spacial score (nSPS) is 19.8. The largest absolute Gasteiger partial charge is 0.347 e. The van der Waals surface area contributed by atoms with Gasteiger partial charge in [-0.1, -0.05) is 24.6 Å². The summed E-state index contributed by atoms with van der Waals surface area (Å²) in [5.74, 6) is 0.0234. The molecule has 3 nitrogen and oxygen atoms in total. The molecular formula is C16H19ClN2OS. The second-order valence-electron chi connectivity index (χ2n) is 5.47. The maximum absolute atomic E-state index is 12.4. The fourth-order valence-corrected chi connectivity index (χ4v) is 4.13. The third-order valence-electron chi connectivity index (χ3n) is 4.02. The van der Waals surface area contributed by atoms with E-state index in [-0.39, 0.29) is 11.9 Å². The van der Waals surface area contributed by atoms with E-state index in [0.29, 0.717) is 5.02 Å². The fourth-order valence-electron chi connectivity index (χ4n) is 2.85. The summed E-state index contributed by atoms with van der Waals surface area (Å²) in [6.07, 6.45) is 2.21. The van der Waals surface area contributed by atoms with Crippen LogP contribution in [0.25, 0.3) is 10.1 Å². The molecule has 2 heterocycles. The second-order valence-corrected chi connectivity index (χ2v) is 6.96. The molecule has 1 amide bonds. The maximum atomic E-state index is 12.4. The predicted octanol–water partition coefficient (Wildman–Crippen LogP) is 3.77. The Balaban J connectivity index is 1.73. The van der Waals surface area contributed by atoms with Crippen LogP contribution in [0, 0.1) is 0 Å². The average Bonchev–Trinajstić information content (AvgIpc) is 2.93. The van der Waals surface area contributed by atoms with Crippen LogP contribution in [0.2, 0.25) is 5.02 Å². The highest BCUT2D eigenvalue weighted by Crippen LogP contribution is 2.31. The fraction of sp³-hybridized carbons (Fsp3) is 0.438. The Bertz CT molecular complexity index is 655. The van der Waals surface area contributed by atoms with E-state index in [1.807, 2.05) is 24.3 Å². The summed E-state index contributed by atoms with van der Waals surface area (Å²) in [7, 11) is 0. The van der Waals surface area contributed by atoms with Crippen molar-refractivity contribution in [1.29, 1.82) is 0 Å². The number of hydrogen-bond donors (Lipinski definition) is 1. The van der Waals surface area contributed by atoms with E-state index in [2.05, 4.69) is 17.1 Å². The molecule has 1 aromatic heterocycles. The van der Waals surface area contributed by atoms with E-state index in [1.54, 1.807) is 0 Å². The van der Waals surface area contributed by atoms with Crippen LogP contribution in [0.15, 0.2) is 24.3 Å². The van der Waals surface area contributed by atoms with Gasteiger partial charge in [-0.2, -0.15) is 0 Å². The monoisotopic (exact) mass is 322 g/mol. The minimum Gasteiger partial charge on any atom is -0.347 e. The first-order valence-corrected chi connectivity index (χ1v) is 8.58. The Kier molecular flexibility index (Phi) is 4.48. The highest BCUT2D eigenvalue weighted by atomic mass is 35.5. The number of piperidine rings is 1. The number of nitrogens with zero attached hydrogens (tertiary/aromatic N) is 1. The van der Waals surface area contributed by atoms with Gasteiger partial charge in [0.05, 0.1) is 4.88 Å². The zero-order valence-corrected chi connectivity index (χ0v) is 13.6. The average molecular weight is 323 g/mol. The molecule has 0 bridgehead atoms. The van der Waals surface area contributed by atoms with Gasteiger partial charge in [-0.05, 0) is 44.1 Å². The molecule has 3 rings (SSSR count). The van der Waals surface area contributed by atoms with Gasteiger partial charge < -0.3 is 10.2 Å². The maximum Gasteiger partial charge on any atom is 0.261 e. The summed E-state index contributed by atoms with van der Waals surface area (Å²) >= 11 is 7.68. The number of rotatable bonds is 3. The number of likely N-dealkylation sites (tertiary alicyclic amines) is 1. The number of halogens is 1. The molecular weight excluding hydrogens is 304 g/mol. The number of likely N-dealkylation sites (N-methyl/N-ethyl adjacent to an activating group) is 1. The Labute approximate surface area is 133 Å². The number of carbonyl (C=O) groups is 1. The lowest BCUT2D eigenvalue weighted by Crippen LogP contribution is -2.47. The Hall–Kier alpha value is -1.10. The van der Waals surface area contributed by atoms with Gasteiger partial charge in [0, 0.05) is 27.7 Å². The van der Waals surface area contributed by atoms with E-state index in [0.717, 1.165) is 47.4 Å². The summed E-state index contributed by atoms with van der Waals surface area (Å²) in [6.45, 7) is 5.30. The number of amides is 1. The molecule has 112 valence electrons. The molecule has 1 N–H and O–H groups in total. The van der Waals surface area contributed by atoms with E-state index >= 15 is 0 Å². The van der Waals surface area contributed by atoms with Crippen molar-refractivity contribution in [3.63, 3.8) is 0 Å². The first-order valence-electron chi connectivity index (χ1n) is 7.38. The molecule has 2 aromatic rings. The zero-order valence-electron chi connectivity index (χ0n) is 12.1. The third kappa shape index (κ3) is 3.23. The first kappa shape index (κ1) is 14.8. The molecule has 1 aliphatic heterocycles. The van der Waals surface area contributed by atoms with Crippen LogP contribution in [-0.4, -0.2) is 36.5 Å². The summed E-state index contributed by atoms with van der Waals surface area (Å²) in [5, 5.41) is 4.84. The van der Waals surface area contributed by atoms with E-state index in [1.165, 1.54) is 11.3 Å². The quantitative estimate of drug-likeness (QED) is 0.933. The minimum atomic E-state index is 0.0234. The molecule has 1 aliphatic rings. The smallest absolute Gasteiger partial charge is 0.261 e. The lowest BCUT2D eigenvalue weighted by molar-refractivity contribution is 0.0910. The summed E-state index contributed by atoms with van der Waals surface area (Å²) in [5.41, 5.74) is 0. The Morgan fingerprint density at radius 1 is 1.52 bits per heavy atom. The van der Waals surface area contributed by atoms with E-state index in [9.17, 15) is 4.79 Å². The number of hydrogen-bond acceptors (Lipinski definition) is 3. The van der Waals surface area contributed by atoms with Gasteiger partial charge in [0.15, 0.2) is 0 Å². The zero-order chi connectivity index (χ0) is 14.8. The number of fused-ring (bicyclic) bond motifs is 1. The molecule has 0 aliphatic carbocycles. The molecule has 5 heteroatoms. The molecule has 1 unspecified atom stereocenters. The number of nitrogens with one attached hydrogen (secondary N) is 1. The first-order chi connectivity index (χ1) is 10.2. The summed E-state index contributed by atoms with van der Waals surface area (Å²) in [6, 6.07) is 7.94. The van der Waals surface area contributed by atoms with Crippen LogP contribution in [0.4, 0.5) is 0 Å². The van der Waals surface area contributed by atoms with Gasteiger partial charge in [-0.3, -0.25) is 4.79 Å². The molecule has 0 saturated carbocycles. The topological polar surface area (TPSA) is 32.3 Å². The lowest BCUT2D eigenvalue weighted by Gasteiger charge is -2.32. The number of benzene rings is 1. The molecule has 1 fully saturated rings. The number of thiophene rings is 1. The SMILES string of the molecule is CCN1CCCC(NC(=O)c2cc3c(Cl)cccc3s2)C1. The van der Waals surface area contributed by atoms with Crippen molar-refractivity contribution in [3.8, 4) is 0 Å². The van der Waals surface area contributed by atoms with Crippen molar-refractivity contribution >= 4 is 38.9 Å². The highest BCUT2D eigenvalue weighted by Gasteiger charge is 2.21. The van der Waals surface area contributed by atoms with Gasteiger partial charge in [-0.25, -0.2) is 0 Å². The van der Waals surface area contributed by atoms with Crippen LogP contribution in [0.3, 0.4) is 0 Å². The molecule has 21 heavy (non-hydrogen) atoms. The molecule has 1 aromatic carbocycles. The van der Waals surface area contributed by atoms with Crippen molar-refractivity contribution in [2.75, 3.05) is 19.6 Å². The van der Waals surface area contributed by atoms with Gasteiger partial charge in [0.25, 0.3) is 5.91 Å². The Morgan fingerprint density at radius 3 is 3.14 bits per heavy atom. The number of carbonyl (C=O) groups excluding carboxylic acids is 1. The van der Waals surface area contributed by atoms with Crippen molar-refractivity contribution in [2.24, 2.45) is 0 Å². The van der Waals surface area contributed by atoms with Gasteiger partial charge >= 0.3 is 0 Å². The van der Waals surface area contributed by atoms with Crippen molar-refractivity contribution in [2.45, 2.75) is 25.8 Å². The summed E-state index contributed by atoms with van der Waals surface area (Å²) < 4.78 is 1.06. The van der Waals surface area contributed by atoms with Crippen LogP contribution in [0.1, 0.15) is 29.4 Å². The van der Waals surface area contributed by atoms with Crippen molar-refractivity contribution in [1.82, 2.24) is 10.2 Å². The Morgan fingerprint density at radius 2 is 2.38 bits per heavy atom. The van der Waals surface area contributed by atoms with E-state index in [4.69, 9.17) is 11.6 Å². The standard InChI is InChI=1S/C16H19ClN2OS/c1-2-19-8-4-5-11(10-19)18-16(20)15-9-12-13(17)6-3-7-14(12)21-15/h3,6-7,9,11H,2,4-5,8,10H2,1H3,(H,18,20). The van der Waals surface area contributed by atoms with Crippen molar-refractivity contribution < 1.29 is 4.79 Å². The van der Waals surface area contributed by atoms with Gasteiger partial charge in [-0.15, -0.1) is 11.3 Å². The van der Waals surface area contributed by atoms with Crippen LogP contribution >= 0.6 is 22.9 Å². The van der Waals surface area contributed by atoms with Gasteiger partial charge in [0.1, 0.15) is 0 Å². The second kappa shape index (κ2) is 6.34. The summed E-state index contributed by atoms with van der Waals surface area (Å²) in [4.78, 5) is 15.6. The minimum absolute atomic E-state index is 0.0234.